The van der Waals surface area contributed by atoms with E-state index in [4.69, 9.17) is 5.10 Å². The average molecular weight is 465 g/mol. The summed E-state index contributed by atoms with van der Waals surface area (Å²) < 4.78 is 3.24. The summed E-state index contributed by atoms with van der Waals surface area (Å²) >= 11 is 3.62. The van der Waals surface area contributed by atoms with E-state index >= 15 is 0 Å². The lowest BCUT2D eigenvalue weighted by molar-refractivity contribution is 0.203. The third-order valence-corrected chi connectivity index (χ3v) is 6.93. The normalized spacial score (nSPS) is 17.9. The fourth-order valence-electron chi connectivity index (χ4n) is 4.86. The first-order valence-corrected chi connectivity index (χ1v) is 11.9. The van der Waals surface area contributed by atoms with Crippen LogP contribution in [0.5, 0.6) is 0 Å². The van der Waals surface area contributed by atoms with Gasteiger partial charge in [0, 0.05) is 29.0 Å². The number of nitrogens with zero attached hydrogens (tertiary/aromatic N) is 3. The molecule has 5 heteroatoms. The summed E-state index contributed by atoms with van der Waals surface area (Å²) in [5, 5.41) is 8.88. The van der Waals surface area contributed by atoms with Crippen molar-refractivity contribution in [3.8, 4) is 5.69 Å². The Bertz CT molecular complexity index is 990. The largest absolute Gasteiger partial charge is 0.370 e. The number of anilines is 1. The summed E-state index contributed by atoms with van der Waals surface area (Å²) in [7, 11) is 0. The molecule has 0 bridgehead atoms. The molecule has 2 aliphatic heterocycles. The maximum atomic E-state index is 5.19. The highest BCUT2D eigenvalue weighted by Gasteiger charge is 2.29. The van der Waals surface area contributed by atoms with E-state index in [0.717, 1.165) is 42.8 Å². The van der Waals surface area contributed by atoms with Crippen molar-refractivity contribution in [2.45, 2.75) is 44.6 Å². The molecule has 1 saturated heterocycles. The Kier molecular flexibility index (Phi) is 5.91. The SMILES string of the molecule is Brc1cccc(-n2nc(C3CCN(Cc4ccccc4)CC3)c3c2NCCCC3)c1. The summed E-state index contributed by atoms with van der Waals surface area (Å²) in [4.78, 5) is 2.59. The molecule has 0 unspecified atom stereocenters. The molecule has 3 aromatic rings. The van der Waals surface area contributed by atoms with Gasteiger partial charge in [0.05, 0.1) is 11.4 Å². The number of aromatic nitrogens is 2. The monoisotopic (exact) mass is 464 g/mol. The first-order chi connectivity index (χ1) is 14.8. The zero-order chi connectivity index (χ0) is 20.3. The van der Waals surface area contributed by atoms with Crippen molar-refractivity contribution in [1.82, 2.24) is 14.7 Å². The lowest BCUT2D eigenvalue weighted by Gasteiger charge is -2.31. The molecule has 1 N–H and O–H groups in total. The van der Waals surface area contributed by atoms with Gasteiger partial charge in [-0.25, -0.2) is 4.68 Å². The third-order valence-electron chi connectivity index (χ3n) is 6.44. The van der Waals surface area contributed by atoms with Crippen molar-refractivity contribution < 1.29 is 0 Å². The number of fused-ring (bicyclic) bond motifs is 1. The fraction of sp³-hybridized carbons (Fsp3) is 0.400. The highest BCUT2D eigenvalue weighted by Crippen LogP contribution is 2.36. The first-order valence-electron chi connectivity index (χ1n) is 11.2. The standard InChI is InChI=1S/C25H29BrN4/c26-21-9-6-10-22(17-21)30-25-23(11-4-5-14-27-25)24(28-30)20-12-15-29(16-13-20)18-19-7-2-1-3-8-19/h1-3,6-10,17,20,27H,4-5,11-16,18H2. The molecule has 0 radical (unpaired) electrons. The third kappa shape index (κ3) is 4.19. The summed E-state index contributed by atoms with van der Waals surface area (Å²) in [6.07, 6.45) is 5.98. The zero-order valence-electron chi connectivity index (χ0n) is 17.4. The molecule has 0 saturated carbocycles. The molecule has 3 heterocycles. The van der Waals surface area contributed by atoms with Crippen molar-refractivity contribution in [1.29, 1.82) is 0 Å². The van der Waals surface area contributed by atoms with Crippen LogP contribution in [0, 0.1) is 0 Å². The molecule has 2 aliphatic rings. The van der Waals surface area contributed by atoms with Crippen molar-refractivity contribution in [3.05, 3.63) is 75.9 Å². The van der Waals surface area contributed by atoms with E-state index < -0.39 is 0 Å². The number of rotatable bonds is 4. The number of halogens is 1. The average Bonchev–Trinajstić information content (AvgIpc) is 2.96. The van der Waals surface area contributed by atoms with Crippen LogP contribution in [-0.2, 0) is 13.0 Å². The molecule has 1 fully saturated rings. The molecule has 0 atom stereocenters. The fourth-order valence-corrected chi connectivity index (χ4v) is 5.24. The van der Waals surface area contributed by atoms with Gasteiger partial charge in [0.1, 0.15) is 5.82 Å². The second kappa shape index (κ2) is 8.94. The van der Waals surface area contributed by atoms with Crippen LogP contribution in [0.4, 0.5) is 5.82 Å². The second-order valence-electron chi connectivity index (χ2n) is 8.52. The minimum Gasteiger partial charge on any atom is -0.370 e. The van der Waals surface area contributed by atoms with Crippen LogP contribution in [0.3, 0.4) is 0 Å². The van der Waals surface area contributed by atoms with Crippen LogP contribution in [0.25, 0.3) is 5.69 Å². The van der Waals surface area contributed by atoms with Crippen molar-refractivity contribution in [2.75, 3.05) is 25.0 Å². The van der Waals surface area contributed by atoms with Crippen LogP contribution in [0.2, 0.25) is 0 Å². The van der Waals surface area contributed by atoms with Crippen LogP contribution >= 0.6 is 15.9 Å². The van der Waals surface area contributed by atoms with Crippen molar-refractivity contribution in [2.24, 2.45) is 0 Å². The zero-order valence-corrected chi connectivity index (χ0v) is 18.9. The predicted octanol–water partition coefficient (Wildman–Crippen LogP) is 5.76. The van der Waals surface area contributed by atoms with Gasteiger partial charge in [0.2, 0.25) is 0 Å². The Morgan fingerprint density at radius 2 is 1.83 bits per heavy atom. The predicted molar refractivity (Wildman–Crippen MR) is 126 cm³/mol. The van der Waals surface area contributed by atoms with Gasteiger partial charge in [-0.1, -0.05) is 52.3 Å². The summed E-state index contributed by atoms with van der Waals surface area (Å²) in [6, 6.07) is 19.3. The van der Waals surface area contributed by atoms with E-state index in [-0.39, 0.29) is 0 Å². The number of hydrogen-bond acceptors (Lipinski definition) is 3. The van der Waals surface area contributed by atoms with Gasteiger partial charge >= 0.3 is 0 Å². The highest BCUT2D eigenvalue weighted by molar-refractivity contribution is 9.10. The van der Waals surface area contributed by atoms with Gasteiger partial charge in [0.15, 0.2) is 0 Å². The van der Waals surface area contributed by atoms with Gasteiger partial charge in [-0.15, -0.1) is 0 Å². The number of piperidine rings is 1. The van der Waals surface area contributed by atoms with Gasteiger partial charge in [-0.3, -0.25) is 4.90 Å². The molecule has 2 aromatic carbocycles. The van der Waals surface area contributed by atoms with E-state index in [1.54, 1.807) is 0 Å². The van der Waals surface area contributed by atoms with Gasteiger partial charge in [0.25, 0.3) is 0 Å². The summed E-state index contributed by atoms with van der Waals surface area (Å²) in [5.41, 5.74) is 5.32. The van der Waals surface area contributed by atoms with Crippen molar-refractivity contribution >= 4 is 21.7 Å². The van der Waals surface area contributed by atoms with Crippen LogP contribution in [-0.4, -0.2) is 34.3 Å². The highest BCUT2D eigenvalue weighted by atomic mass is 79.9. The number of nitrogens with one attached hydrogen (secondary N) is 1. The van der Waals surface area contributed by atoms with Crippen molar-refractivity contribution in [3.63, 3.8) is 0 Å². The maximum absolute atomic E-state index is 5.19. The Morgan fingerprint density at radius 1 is 1.00 bits per heavy atom. The van der Waals surface area contributed by atoms with E-state index in [1.807, 2.05) is 0 Å². The van der Waals surface area contributed by atoms with E-state index in [1.165, 1.54) is 48.3 Å². The minimum atomic E-state index is 0.555. The molecule has 0 amide bonds. The second-order valence-corrected chi connectivity index (χ2v) is 9.44. The molecular formula is C25H29BrN4. The lowest BCUT2D eigenvalue weighted by atomic mass is 9.90. The lowest BCUT2D eigenvalue weighted by Crippen LogP contribution is -2.32. The van der Waals surface area contributed by atoms with Crippen LogP contribution in [0.1, 0.15) is 48.4 Å². The Labute approximate surface area is 187 Å². The molecule has 4 nitrogen and oxygen atoms in total. The van der Waals surface area contributed by atoms with E-state index in [0.29, 0.717) is 5.92 Å². The Morgan fingerprint density at radius 3 is 2.63 bits per heavy atom. The van der Waals surface area contributed by atoms with Gasteiger partial charge in [-0.05, 0) is 69.0 Å². The topological polar surface area (TPSA) is 33.1 Å². The number of benzene rings is 2. The van der Waals surface area contributed by atoms with E-state index in [2.05, 4.69) is 85.4 Å². The number of hydrogen-bond donors (Lipinski definition) is 1. The molecule has 5 rings (SSSR count). The molecule has 1 aromatic heterocycles. The smallest absolute Gasteiger partial charge is 0.133 e. The maximum Gasteiger partial charge on any atom is 0.133 e. The first kappa shape index (κ1) is 19.8. The summed E-state index contributed by atoms with van der Waals surface area (Å²) in [5.74, 6) is 1.77. The molecular weight excluding hydrogens is 436 g/mol. The molecule has 30 heavy (non-hydrogen) atoms. The number of likely N-dealkylation sites (tertiary alicyclic amines) is 1. The Hall–Kier alpha value is -2.11. The summed E-state index contributed by atoms with van der Waals surface area (Å²) in [6.45, 7) is 4.37. The Balaban J connectivity index is 1.38. The van der Waals surface area contributed by atoms with Gasteiger partial charge < -0.3 is 5.32 Å². The molecule has 0 spiro atoms. The van der Waals surface area contributed by atoms with E-state index in [9.17, 15) is 0 Å². The van der Waals surface area contributed by atoms with Crippen LogP contribution in [0.15, 0.2) is 59.1 Å². The molecule has 156 valence electrons. The minimum absolute atomic E-state index is 0.555. The van der Waals surface area contributed by atoms with Crippen LogP contribution < -0.4 is 5.32 Å². The quantitative estimate of drug-likeness (QED) is 0.532. The van der Waals surface area contributed by atoms with Gasteiger partial charge in [-0.2, -0.15) is 5.10 Å². The molecule has 0 aliphatic carbocycles.